The Kier molecular flexibility index (Phi) is 3.49. The minimum Gasteiger partial charge on any atom is -0.392 e. The summed E-state index contributed by atoms with van der Waals surface area (Å²) in [6.45, 7) is 7.27. The Morgan fingerprint density at radius 2 is 1.60 bits per heavy atom. The molecule has 5 N–H and O–H groups in total. The average Bonchev–Trinajstić information content (AvgIpc) is 2.75. The van der Waals surface area contributed by atoms with Crippen molar-refractivity contribution in [1.82, 2.24) is 0 Å². The third-order valence-corrected chi connectivity index (χ3v) is 8.75. The molecular formula is C20H32O5. The molecule has 0 heterocycles. The van der Waals surface area contributed by atoms with Crippen LogP contribution < -0.4 is 0 Å². The van der Waals surface area contributed by atoms with Crippen LogP contribution in [0.2, 0.25) is 0 Å². The van der Waals surface area contributed by atoms with Gasteiger partial charge in [-0.3, -0.25) is 0 Å². The molecule has 5 nitrogen and oxygen atoms in total. The molecule has 0 aromatic rings. The summed E-state index contributed by atoms with van der Waals surface area (Å²) in [6, 6.07) is 0. The molecule has 0 aromatic carbocycles. The number of aliphatic hydroxyl groups excluding tert-OH is 3. The van der Waals surface area contributed by atoms with Gasteiger partial charge in [0, 0.05) is 22.7 Å². The standard InChI is InChI=1S/C20H32O5/c1-10-8-19-9-15(22)20(25)13(7-14(21)17(20,2)3)18(4,24)12(19)6-5-11(10)16(19)23/h8,11-16,21-25H,5-7,9H2,1-4H3/t11-,12-,13-,14-,15-,16+,18+,19+,20-/m0/s1. The van der Waals surface area contributed by atoms with Crippen LogP contribution in [0.25, 0.3) is 0 Å². The summed E-state index contributed by atoms with van der Waals surface area (Å²) in [5, 5.41) is 56.1. The fourth-order valence-corrected chi connectivity index (χ4v) is 7.20. The van der Waals surface area contributed by atoms with Crippen LogP contribution in [0.1, 0.15) is 53.4 Å². The van der Waals surface area contributed by atoms with E-state index in [4.69, 9.17) is 0 Å². The summed E-state index contributed by atoms with van der Waals surface area (Å²) in [5.41, 5.74) is -3.41. The van der Waals surface area contributed by atoms with Gasteiger partial charge >= 0.3 is 0 Å². The first-order chi connectivity index (χ1) is 11.4. The molecule has 2 bridgehead atoms. The van der Waals surface area contributed by atoms with Gasteiger partial charge in [0.05, 0.1) is 23.9 Å². The van der Waals surface area contributed by atoms with Crippen molar-refractivity contribution in [1.29, 1.82) is 0 Å². The molecule has 0 aromatic heterocycles. The lowest BCUT2D eigenvalue weighted by molar-refractivity contribution is -0.200. The molecule has 4 aliphatic carbocycles. The second-order valence-electron chi connectivity index (χ2n) is 9.98. The molecule has 5 heteroatoms. The Morgan fingerprint density at radius 1 is 0.960 bits per heavy atom. The van der Waals surface area contributed by atoms with Crippen LogP contribution in [0.5, 0.6) is 0 Å². The van der Waals surface area contributed by atoms with Crippen molar-refractivity contribution in [2.45, 2.75) is 82.9 Å². The molecule has 0 unspecified atom stereocenters. The van der Waals surface area contributed by atoms with Crippen LogP contribution in [0, 0.1) is 28.6 Å². The lowest BCUT2D eigenvalue weighted by Crippen LogP contribution is -2.60. The van der Waals surface area contributed by atoms with E-state index in [0.717, 1.165) is 18.4 Å². The first kappa shape index (κ1) is 17.9. The van der Waals surface area contributed by atoms with Gasteiger partial charge in [-0.25, -0.2) is 0 Å². The zero-order chi connectivity index (χ0) is 18.6. The van der Waals surface area contributed by atoms with E-state index in [9.17, 15) is 25.5 Å². The van der Waals surface area contributed by atoms with E-state index in [1.54, 1.807) is 20.8 Å². The van der Waals surface area contributed by atoms with Gasteiger partial charge < -0.3 is 25.5 Å². The third-order valence-electron chi connectivity index (χ3n) is 8.75. The predicted octanol–water partition coefficient (Wildman–Crippen LogP) is 0.974. The third kappa shape index (κ3) is 1.82. The highest BCUT2D eigenvalue weighted by Gasteiger charge is 2.73. The monoisotopic (exact) mass is 352 g/mol. The van der Waals surface area contributed by atoms with Crippen molar-refractivity contribution in [2.75, 3.05) is 0 Å². The molecule has 25 heavy (non-hydrogen) atoms. The molecule has 0 radical (unpaired) electrons. The van der Waals surface area contributed by atoms with Gasteiger partial charge in [0.15, 0.2) is 0 Å². The minimum absolute atomic E-state index is 0.0745. The van der Waals surface area contributed by atoms with Crippen LogP contribution in [-0.2, 0) is 0 Å². The smallest absolute Gasteiger partial charge is 0.104 e. The second-order valence-corrected chi connectivity index (χ2v) is 9.98. The largest absolute Gasteiger partial charge is 0.392 e. The Hall–Kier alpha value is -0.460. The van der Waals surface area contributed by atoms with Gasteiger partial charge in [-0.2, -0.15) is 0 Å². The number of rotatable bonds is 0. The number of aliphatic hydroxyl groups is 5. The average molecular weight is 352 g/mol. The first-order valence-corrected chi connectivity index (χ1v) is 9.59. The summed E-state index contributed by atoms with van der Waals surface area (Å²) in [6.07, 6.45) is 1.54. The van der Waals surface area contributed by atoms with Gasteiger partial charge in [0.1, 0.15) is 5.60 Å². The lowest BCUT2D eigenvalue weighted by atomic mass is 9.57. The molecule has 0 saturated heterocycles. The Labute approximate surface area is 149 Å². The van der Waals surface area contributed by atoms with E-state index < -0.39 is 46.3 Å². The maximum Gasteiger partial charge on any atom is 0.104 e. The topological polar surface area (TPSA) is 101 Å². The number of hydrogen-bond acceptors (Lipinski definition) is 5. The Bertz CT molecular complexity index is 626. The van der Waals surface area contributed by atoms with Gasteiger partial charge in [-0.1, -0.05) is 25.5 Å². The highest BCUT2D eigenvalue weighted by Crippen LogP contribution is 2.67. The van der Waals surface area contributed by atoms with Gasteiger partial charge in [0.2, 0.25) is 0 Å². The highest BCUT2D eigenvalue weighted by molar-refractivity contribution is 5.33. The quantitative estimate of drug-likeness (QED) is 0.418. The molecule has 9 atom stereocenters. The van der Waals surface area contributed by atoms with E-state index in [1.165, 1.54) is 0 Å². The number of fused-ring (bicyclic) bond motifs is 2. The van der Waals surface area contributed by atoms with E-state index in [0.29, 0.717) is 0 Å². The molecular weight excluding hydrogens is 320 g/mol. The zero-order valence-corrected chi connectivity index (χ0v) is 15.6. The first-order valence-electron chi connectivity index (χ1n) is 9.59. The van der Waals surface area contributed by atoms with Gasteiger partial charge in [-0.15, -0.1) is 0 Å². The summed E-state index contributed by atoms with van der Waals surface area (Å²) < 4.78 is 0. The summed E-state index contributed by atoms with van der Waals surface area (Å²) >= 11 is 0. The van der Waals surface area contributed by atoms with Crippen molar-refractivity contribution in [2.24, 2.45) is 28.6 Å². The highest BCUT2D eigenvalue weighted by atomic mass is 16.4. The maximum atomic E-state index is 11.6. The van der Waals surface area contributed by atoms with Crippen LogP contribution >= 0.6 is 0 Å². The van der Waals surface area contributed by atoms with E-state index in [2.05, 4.69) is 6.08 Å². The summed E-state index contributed by atoms with van der Waals surface area (Å²) in [7, 11) is 0. The number of hydrogen-bond donors (Lipinski definition) is 5. The molecule has 142 valence electrons. The molecule has 3 saturated carbocycles. The molecule has 1 spiro atoms. The fourth-order valence-electron chi connectivity index (χ4n) is 7.20. The van der Waals surface area contributed by atoms with Crippen LogP contribution in [-0.4, -0.2) is 55.0 Å². The summed E-state index contributed by atoms with van der Waals surface area (Å²) in [5.74, 6) is -0.814. The maximum absolute atomic E-state index is 11.6. The van der Waals surface area contributed by atoms with E-state index >= 15 is 0 Å². The fraction of sp³-hybridized carbons (Fsp3) is 0.900. The van der Waals surface area contributed by atoms with Crippen LogP contribution in [0.4, 0.5) is 0 Å². The predicted molar refractivity (Wildman–Crippen MR) is 92.5 cm³/mol. The lowest BCUT2D eigenvalue weighted by Gasteiger charge is -2.51. The zero-order valence-electron chi connectivity index (χ0n) is 15.6. The van der Waals surface area contributed by atoms with Crippen LogP contribution in [0.15, 0.2) is 11.6 Å². The normalized spacial score (nSPS) is 59.8. The van der Waals surface area contributed by atoms with E-state index in [-0.39, 0.29) is 24.7 Å². The molecule has 0 aliphatic heterocycles. The minimum atomic E-state index is -1.60. The van der Waals surface area contributed by atoms with Gasteiger partial charge in [0.25, 0.3) is 0 Å². The Morgan fingerprint density at radius 3 is 2.24 bits per heavy atom. The second kappa shape index (κ2) is 4.87. The molecule has 3 fully saturated rings. The van der Waals surface area contributed by atoms with E-state index in [1.807, 2.05) is 6.92 Å². The molecule has 0 amide bonds. The van der Waals surface area contributed by atoms with Crippen molar-refractivity contribution in [3.8, 4) is 0 Å². The SMILES string of the molecule is CC1=C[C@@]23C[C@H](O)[C@@]4(O)[C@@H](C[C@H](O)C4(C)C)[C@](C)(O)[C@@H]2CC[C@@H]1[C@H]3O. The molecule has 4 aliphatic rings. The van der Waals surface area contributed by atoms with Crippen molar-refractivity contribution < 1.29 is 25.5 Å². The summed E-state index contributed by atoms with van der Waals surface area (Å²) in [4.78, 5) is 0. The Balaban J connectivity index is 1.91. The van der Waals surface area contributed by atoms with Crippen molar-refractivity contribution >= 4 is 0 Å². The van der Waals surface area contributed by atoms with Crippen molar-refractivity contribution in [3.63, 3.8) is 0 Å². The molecule has 4 rings (SSSR count). The van der Waals surface area contributed by atoms with Gasteiger partial charge in [-0.05, 0) is 45.4 Å². The van der Waals surface area contributed by atoms with Crippen molar-refractivity contribution in [3.05, 3.63) is 11.6 Å². The van der Waals surface area contributed by atoms with Crippen LogP contribution in [0.3, 0.4) is 0 Å².